The summed E-state index contributed by atoms with van der Waals surface area (Å²) in [7, 11) is 0. The second-order valence-electron chi connectivity index (χ2n) is 7.08. The summed E-state index contributed by atoms with van der Waals surface area (Å²) >= 11 is 1.98. The normalized spacial score (nSPS) is 26.0. The van der Waals surface area contributed by atoms with Crippen molar-refractivity contribution in [2.75, 3.05) is 13.1 Å². The van der Waals surface area contributed by atoms with Crippen molar-refractivity contribution in [1.29, 1.82) is 0 Å². The highest BCUT2D eigenvalue weighted by atomic mass is 32.1. The van der Waals surface area contributed by atoms with Gasteiger partial charge in [-0.25, -0.2) is 0 Å². The van der Waals surface area contributed by atoms with E-state index in [0.717, 1.165) is 31.0 Å². The summed E-state index contributed by atoms with van der Waals surface area (Å²) in [6.07, 6.45) is 4.39. The molecule has 20 heavy (non-hydrogen) atoms. The van der Waals surface area contributed by atoms with Crippen LogP contribution in [0.3, 0.4) is 0 Å². The first kappa shape index (κ1) is 14.6. The van der Waals surface area contributed by atoms with Gasteiger partial charge in [-0.2, -0.15) is 0 Å². The van der Waals surface area contributed by atoms with Crippen molar-refractivity contribution in [3.63, 3.8) is 0 Å². The highest BCUT2D eigenvalue weighted by molar-refractivity contribution is 7.12. The van der Waals surface area contributed by atoms with Crippen LogP contribution in [0.4, 0.5) is 0 Å². The summed E-state index contributed by atoms with van der Waals surface area (Å²) in [5.74, 6) is 1.74. The topological polar surface area (TPSA) is 15.3 Å². The Balaban J connectivity index is 1.55. The van der Waals surface area contributed by atoms with E-state index in [1.165, 1.54) is 42.1 Å². The molecule has 3 heteroatoms. The standard InChI is InChI=1S/C17H28N2S/c1-12(2)8-18-9-17-7-15(13(3)20-17)11-19-10-14-4-5-16(19)6-14/h7,12,14,16,18H,4-6,8-11H2,1-3H3. The SMILES string of the molecule is Cc1sc(CNCC(C)C)cc1CN1CC2CCC1C2. The van der Waals surface area contributed by atoms with Crippen molar-refractivity contribution < 1.29 is 0 Å². The molecule has 2 aliphatic rings. The van der Waals surface area contributed by atoms with E-state index in [9.17, 15) is 0 Å². The number of nitrogens with zero attached hydrogens (tertiary/aromatic N) is 1. The highest BCUT2D eigenvalue weighted by Crippen LogP contribution is 2.38. The van der Waals surface area contributed by atoms with Gasteiger partial charge in [0.05, 0.1) is 0 Å². The fraction of sp³-hybridized carbons (Fsp3) is 0.765. The molecule has 0 amide bonds. The van der Waals surface area contributed by atoms with E-state index in [1.807, 2.05) is 11.3 Å². The molecule has 1 saturated carbocycles. The monoisotopic (exact) mass is 292 g/mol. The molecule has 3 rings (SSSR count). The number of aryl methyl sites for hydroxylation is 1. The predicted molar refractivity (Wildman–Crippen MR) is 87.1 cm³/mol. The maximum Gasteiger partial charge on any atom is 0.0300 e. The van der Waals surface area contributed by atoms with Crippen LogP contribution in [-0.2, 0) is 13.1 Å². The molecule has 1 aliphatic heterocycles. The first-order valence-corrected chi connectivity index (χ1v) is 8.96. The summed E-state index contributed by atoms with van der Waals surface area (Å²) < 4.78 is 0. The van der Waals surface area contributed by atoms with Crippen LogP contribution in [0, 0.1) is 18.8 Å². The predicted octanol–water partition coefficient (Wildman–Crippen LogP) is 3.79. The van der Waals surface area contributed by atoms with Crippen LogP contribution in [0.15, 0.2) is 6.07 Å². The zero-order chi connectivity index (χ0) is 14.1. The van der Waals surface area contributed by atoms with Gasteiger partial charge in [0.2, 0.25) is 0 Å². The molecule has 2 fully saturated rings. The zero-order valence-corrected chi connectivity index (χ0v) is 13.9. The van der Waals surface area contributed by atoms with Gasteiger partial charge in [-0.1, -0.05) is 13.8 Å². The van der Waals surface area contributed by atoms with Gasteiger partial charge in [0, 0.05) is 35.4 Å². The molecule has 0 radical (unpaired) electrons. The summed E-state index contributed by atoms with van der Waals surface area (Å²) in [6, 6.07) is 3.33. The maximum atomic E-state index is 3.56. The van der Waals surface area contributed by atoms with Gasteiger partial charge in [0.15, 0.2) is 0 Å². The smallest absolute Gasteiger partial charge is 0.0300 e. The average Bonchev–Trinajstić information content (AvgIpc) is 3.06. The first-order chi connectivity index (χ1) is 9.61. The number of piperidine rings is 1. The first-order valence-electron chi connectivity index (χ1n) is 8.14. The molecular weight excluding hydrogens is 264 g/mol. The number of likely N-dealkylation sites (tertiary alicyclic amines) is 1. The van der Waals surface area contributed by atoms with Crippen molar-refractivity contribution >= 4 is 11.3 Å². The van der Waals surface area contributed by atoms with Crippen LogP contribution in [0.2, 0.25) is 0 Å². The summed E-state index contributed by atoms with van der Waals surface area (Å²) in [6.45, 7) is 11.5. The van der Waals surface area contributed by atoms with Gasteiger partial charge in [0.25, 0.3) is 0 Å². The van der Waals surface area contributed by atoms with Gasteiger partial charge in [-0.15, -0.1) is 11.3 Å². The summed E-state index contributed by atoms with van der Waals surface area (Å²) in [5, 5.41) is 3.56. The Morgan fingerprint density at radius 3 is 2.90 bits per heavy atom. The molecule has 1 N–H and O–H groups in total. The molecule has 2 heterocycles. The number of hydrogen-bond donors (Lipinski definition) is 1. The molecule has 2 unspecified atom stereocenters. The second kappa shape index (κ2) is 6.17. The van der Waals surface area contributed by atoms with Crippen LogP contribution in [0.5, 0.6) is 0 Å². The van der Waals surface area contributed by atoms with Crippen LogP contribution in [0.1, 0.15) is 48.4 Å². The molecule has 2 bridgehead atoms. The van der Waals surface area contributed by atoms with Crippen molar-refractivity contribution in [3.8, 4) is 0 Å². The van der Waals surface area contributed by atoms with E-state index >= 15 is 0 Å². The molecule has 0 aromatic carbocycles. The van der Waals surface area contributed by atoms with Crippen molar-refractivity contribution in [2.24, 2.45) is 11.8 Å². The fourth-order valence-electron chi connectivity index (χ4n) is 3.75. The van der Waals surface area contributed by atoms with E-state index in [-0.39, 0.29) is 0 Å². The lowest BCUT2D eigenvalue weighted by Crippen LogP contribution is -2.31. The molecule has 1 saturated heterocycles. The number of hydrogen-bond acceptors (Lipinski definition) is 3. The van der Waals surface area contributed by atoms with E-state index in [1.54, 1.807) is 5.56 Å². The van der Waals surface area contributed by atoms with Crippen molar-refractivity contribution in [3.05, 3.63) is 21.4 Å². The van der Waals surface area contributed by atoms with Gasteiger partial charge >= 0.3 is 0 Å². The van der Waals surface area contributed by atoms with Crippen molar-refractivity contribution in [1.82, 2.24) is 10.2 Å². The van der Waals surface area contributed by atoms with Gasteiger partial charge in [-0.3, -0.25) is 4.90 Å². The second-order valence-corrected chi connectivity index (χ2v) is 8.42. The lowest BCUT2D eigenvalue weighted by molar-refractivity contribution is 0.205. The van der Waals surface area contributed by atoms with Crippen LogP contribution < -0.4 is 5.32 Å². The number of rotatable bonds is 6. The lowest BCUT2D eigenvalue weighted by Gasteiger charge is -2.26. The molecular formula is C17H28N2S. The molecule has 0 spiro atoms. The van der Waals surface area contributed by atoms with E-state index in [0.29, 0.717) is 0 Å². The number of fused-ring (bicyclic) bond motifs is 2. The third-order valence-electron chi connectivity index (χ3n) is 4.82. The Bertz CT molecular complexity index is 452. The highest BCUT2D eigenvalue weighted by Gasteiger charge is 2.37. The number of nitrogens with one attached hydrogen (secondary N) is 1. The van der Waals surface area contributed by atoms with E-state index < -0.39 is 0 Å². The van der Waals surface area contributed by atoms with Crippen LogP contribution in [-0.4, -0.2) is 24.0 Å². The minimum absolute atomic E-state index is 0.732. The molecule has 2 atom stereocenters. The summed E-state index contributed by atoms with van der Waals surface area (Å²) in [5.41, 5.74) is 1.57. The number of thiophene rings is 1. The quantitative estimate of drug-likeness (QED) is 0.858. The van der Waals surface area contributed by atoms with Gasteiger partial charge in [0.1, 0.15) is 0 Å². The minimum Gasteiger partial charge on any atom is -0.312 e. The average molecular weight is 292 g/mol. The molecule has 2 nitrogen and oxygen atoms in total. The molecule has 112 valence electrons. The Morgan fingerprint density at radius 2 is 2.25 bits per heavy atom. The molecule has 1 aromatic heterocycles. The maximum absolute atomic E-state index is 3.56. The van der Waals surface area contributed by atoms with E-state index in [4.69, 9.17) is 0 Å². The lowest BCUT2D eigenvalue weighted by atomic mass is 10.1. The Labute approximate surface area is 127 Å². The third kappa shape index (κ3) is 3.26. The Kier molecular flexibility index (Phi) is 4.49. The van der Waals surface area contributed by atoms with Crippen molar-refractivity contribution in [2.45, 2.75) is 59.2 Å². The zero-order valence-electron chi connectivity index (χ0n) is 13.1. The van der Waals surface area contributed by atoms with Gasteiger partial charge < -0.3 is 5.32 Å². The largest absolute Gasteiger partial charge is 0.312 e. The van der Waals surface area contributed by atoms with Crippen LogP contribution >= 0.6 is 11.3 Å². The van der Waals surface area contributed by atoms with E-state index in [2.05, 4.69) is 37.1 Å². The van der Waals surface area contributed by atoms with Gasteiger partial charge in [-0.05, 0) is 56.2 Å². The Hall–Kier alpha value is -0.380. The fourth-order valence-corrected chi connectivity index (χ4v) is 4.78. The summed E-state index contributed by atoms with van der Waals surface area (Å²) in [4.78, 5) is 5.76. The molecule has 1 aliphatic carbocycles. The molecule has 1 aromatic rings. The van der Waals surface area contributed by atoms with Crippen LogP contribution in [0.25, 0.3) is 0 Å². The Morgan fingerprint density at radius 1 is 1.40 bits per heavy atom. The third-order valence-corrected chi connectivity index (χ3v) is 5.91. The minimum atomic E-state index is 0.732.